The number of unbranched alkanes of at least 4 members (excludes halogenated alkanes) is 5. The molecule has 5 heteroatoms. The molecular formula is C23H50O4Si. The molecule has 0 radical (unpaired) electrons. The van der Waals surface area contributed by atoms with E-state index < -0.39 is 9.28 Å². The Morgan fingerprint density at radius 3 is 1.36 bits per heavy atom. The molecule has 0 aromatic rings. The molecule has 0 saturated heterocycles. The summed E-state index contributed by atoms with van der Waals surface area (Å²) in [5.41, 5.74) is 0. The molecule has 0 rings (SSSR count). The van der Waals surface area contributed by atoms with Crippen molar-refractivity contribution < 1.29 is 18.3 Å². The van der Waals surface area contributed by atoms with E-state index in [1.807, 2.05) is 13.8 Å². The number of ether oxygens (including phenoxy) is 2. The minimum absolute atomic E-state index is 0.249. The van der Waals surface area contributed by atoms with Crippen molar-refractivity contribution in [1.82, 2.24) is 0 Å². The summed E-state index contributed by atoms with van der Waals surface area (Å²) in [6.45, 7) is 15.1. The van der Waals surface area contributed by atoms with Gasteiger partial charge in [-0.1, -0.05) is 72.1 Å². The predicted molar refractivity (Wildman–Crippen MR) is 123 cm³/mol. The summed E-state index contributed by atoms with van der Waals surface area (Å²) >= 11 is 0. The van der Waals surface area contributed by atoms with Crippen LogP contribution in [0.1, 0.15) is 105 Å². The Kier molecular flexibility index (Phi) is 20.4. The van der Waals surface area contributed by atoms with Gasteiger partial charge in [-0.3, -0.25) is 0 Å². The van der Waals surface area contributed by atoms with Crippen molar-refractivity contribution in [2.45, 2.75) is 110 Å². The first kappa shape index (κ1) is 28.1. The summed E-state index contributed by atoms with van der Waals surface area (Å²) in [6, 6.07) is 0. The molecule has 28 heavy (non-hydrogen) atoms. The van der Waals surface area contributed by atoms with Crippen molar-refractivity contribution in [3.8, 4) is 0 Å². The van der Waals surface area contributed by atoms with Crippen molar-refractivity contribution in [2.24, 2.45) is 0 Å². The third-order valence-electron chi connectivity index (χ3n) is 5.49. The zero-order valence-electron chi connectivity index (χ0n) is 19.7. The third-order valence-corrected chi connectivity index (χ3v) is 8.43. The zero-order valence-corrected chi connectivity index (χ0v) is 20.9. The van der Waals surface area contributed by atoms with Gasteiger partial charge in [0.25, 0.3) is 0 Å². The Morgan fingerprint density at radius 2 is 0.964 bits per heavy atom. The standard InChI is InChI=1S/C23H50O4Si/c1-6-11-14-17-23(16-13-8-3,18-15-12-7-2)28(26-21-19-24-9-4)27-22-20-25-10-5/h28H,6-22H2,1-5H3. The molecule has 0 heterocycles. The summed E-state index contributed by atoms with van der Waals surface area (Å²) < 4.78 is 24.0. The van der Waals surface area contributed by atoms with Crippen LogP contribution in [0.25, 0.3) is 0 Å². The van der Waals surface area contributed by atoms with Crippen LogP contribution < -0.4 is 0 Å². The maximum absolute atomic E-state index is 6.48. The average molecular weight is 419 g/mol. The Balaban J connectivity index is 5.26. The topological polar surface area (TPSA) is 36.9 Å². The van der Waals surface area contributed by atoms with Crippen LogP contribution in [0, 0.1) is 0 Å². The maximum atomic E-state index is 6.48. The Labute approximate surface area is 177 Å². The monoisotopic (exact) mass is 418 g/mol. The van der Waals surface area contributed by atoms with Crippen LogP contribution in [0.2, 0.25) is 5.04 Å². The fraction of sp³-hybridized carbons (Fsp3) is 1.00. The molecule has 0 atom stereocenters. The van der Waals surface area contributed by atoms with E-state index in [1.54, 1.807) is 0 Å². The van der Waals surface area contributed by atoms with Crippen molar-refractivity contribution in [2.75, 3.05) is 39.6 Å². The minimum Gasteiger partial charge on any atom is -0.394 e. The van der Waals surface area contributed by atoms with Gasteiger partial charge in [-0.2, -0.15) is 0 Å². The van der Waals surface area contributed by atoms with Crippen molar-refractivity contribution in [3.63, 3.8) is 0 Å². The second-order valence-corrected chi connectivity index (χ2v) is 10.4. The van der Waals surface area contributed by atoms with Crippen LogP contribution in [0.15, 0.2) is 0 Å². The van der Waals surface area contributed by atoms with E-state index in [0.29, 0.717) is 26.4 Å². The summed E-state index contributed by atoms with van der Waals surface area (Å²) in [7, 11) is -1.85. The molecule has 0 unspecified atom stereocenters. The fourth-order valence-corrected chi connectivity index (χ4v) is 6.57. The van der Waals surface area contributed by atoms with Gasteiger partial charge in [0, 0.05) is 18.3 Å². The van der Waals surface area contributed by atoms with Gasteiger partial charge in [0.2, 0.25) is 0 Å². The van der Waals surface area contributed by atoms with Crippen LogP contribution in [-0.4, -0.2) is 48.9 Å². The summed E-state index contributed by atoms with van der Waals surface area (Å²) in [5, 5.41) is 0.249. The minimum atomic E-state index is -1.85. The van der Waals surface area contributed by atoms with Crippen molar-refractivity contribution in [3.05, 3.63) is 0 Å². The van der Waals surface area contributed by atoms with Gasteiger partial charge in [0.05, 0.1) is 26.4 Å². The van der Waals surface area contributed by atoms with E-state index in [-0.39, 0.29) is 5.04 Å². The highest BCUT2D eigenvalue weighted by Gasteiger charge is 2.41. The van der Waals surface area contributed by atoms with Gasteiger partial charge in [-0.05, 0) is 33.1 Å². The van der Waals surface area contributed by atoms with Crippen LogP contribution in [0.4, 0.5) is 0 Å². The average Bonchev–Trinajstić information content (AvgIpc) is 2.71. The van der Waals surface area contributed by atoms with Gasteiger partial charge < -0.3 is 18.3 Å². The maximum Gasteiger partial charge on any atom is 0.328 e. The lowest BCUT2D eigenvalue weighted by atomic mass is 9.89. The summed E-state index contributed by atoms with van der Waals surface area (Å²) in [5.74, 6) is 0. The van der Waals surface area contributed by atoms with E-state index in [4.69, 9.17) is 18.3 Å². The van der Waals surface area contributed by atoms with E-state index in [0.717, 1.165) is 13.2 Å². The van der Waals surface area contributed by atoms with E-state index in [1.165, 1.54) is 70.6 Å². The summed E-state index contributed by atoms with van der Waals surface area (Å²) in [6.07, 6.45) is 14.0. The smallest absolute Gasteiger partial charge is 0.328 e. The first-order chi connectivity index (χ1) is 13.7. The number of hydrogen-bond acceptors (Lipinski definition) is 4. The molecule has 0 aliphatic heterocycles. The first-order valence-corrected chi connectivity index (χ1v) is 13.6. The lowest BCUT2D eigenvalue weighted by Gasteiger charge is -2.39. The first-order valence-electron chi connectivity index (χ1n) is 12.1. The third kappa shape index (κ3) is 13.3. The van der Waals surface area contributed by atoms with Crippen LogP contribution in [0.5, 0.6) is 0 Å². The summed E-state index contributed by atoms with van der Waals surface area (Å²) in [4.78, 5) is 0. The van der Waals surface area contributed by atoms with Crippen molar-refractivity contribution in [1.29, 1.82) is 0 Å². The fourth-order valence-electron chi connectivity index (χ4n) is 3.83. The van der Waals surface area contributed by atoms with Crippen LogP contribution in [0.3, 0.4) is 0 Å². The van der Waals surface area contributed by atoms with Gasteiger partial charge in [0.15, 0.2) is 0 Å². The van der Waals surface area contributed by atoms with Gasteiger partial charge in [-0.25, -0.2) is 0 Å². The van der Waals surface area contributed by atoms with E-state index in [9.17, 15) is 0 Å². The van der Waals surface area contributed by atoms with Crippen molar-refractivity contribution >= 4 is 9.28 Å². The molecule has 0 fully saturated rings. The number of rotatable bonds is 22. The Morgan fingerprint density at radius 1 is 0.536 bits per heavy atom. The highest BCUT2D eigenvalue weighted by Crippen LogP contribution is 2.47. The lowest BCUT2D eigenvalue weighted by molar-refractivity contribution is 0.0640. The molecule has 0 aromatic carbocycles. The molecule has 0 saturated carbocycles. The van der Waals surface area contributed by atoms with Gasteiger partial charge >= 0.3 is 9.28 Å². The lowest BCUT2D eigenvalue weighted by Crippen LogP contribution is -2.40. The quantitative estimate of drug-likeness (QED) is 0.150. The molecule has 170 valence electrons. The molecule has 0 aromatic heterocycles. The normalized spacial score (nSPS) is 12.2. The van der Waals surface area contributed by atoms with Gasteiger partial charge in [-0.15, -0.1) is 0 Å². The Bertz CT molecular complexity index is 293. The van der Waals surface area contributed by atoms with E-state index >= 15 is 0 Å². The molecule has 0 N–H and O–H groups in total. The Hall–Kier alpha value is 0.0569. The molecular weight excluding hydrogens is 368 g/mol. The predicted octanol–water partition coefficient (Wildman–Crippen LogP) is 6.40. The van der Waals surface area contributed by atoms with Crippen LogP contribution >= 0.6 is 0 Å². The second kappa shape index (κ2) is 20.3. The van der Waals surface area contributed by atoms with E-state index in [2.05, 4.69) is 20.8 Å². The van der Waals surface area contributed by atoms with Gasteiger partial charge in [0.1, 0.15) is 0 Å². The van der Waals surface area contributed by atoms with Crippen LogP contribution in [-0.2, 0) is 18.3 Å². The molecule has 0 aliphatic carbocycles. The zero-order chi connectivity index (χ0) is 20.9. The highest BCUT2D eigenvalue weighted by atomic mass is 28.3. The molecule has 0 aliphatic rings. The molecule has 0 bridgehead atoms. The molecule has 0 spiro atoms. The SMILES string of the molecule is CCCCCC(CCCC)(CCCCC)[SiH](OCCOCC)OCCOCC. The number of hydrogen-bond donors (Lipinski definition) is 0. The largest absolute Gasteiger partial charge is 0.394 e. The highest BCUT2D eigenvalue weighted by molar-refractivity contribution is 6.48. The second-order valence-electron chi connectivity index (χ2n) is 7.85. The molecule has 0 amide bonds. The molecule has 4 nitrogen and oxygen atoms in total.